The third-order valence-electron chi connectivity index (χ3n) is 1.89. The molecule has 0 spiro atoms. The smallest absolute Gasteiger partial charge is 0.261 e. The van der Waals surface area contributed by atoms with Gasteiger partial charge in [0.25, 0.3) is 6.43 Å². The SMILES string of the molecule is O=C(CCOCC(F)F)c1ccccc1Cl. The predicted molar refractivity (Wildman–Crippen MR) is 57.2 cm³/mol. The van der Waals surface area contributed by atoms with E-state index in [0.717, 1.165) is 0 Å². The van der Waals surface area contributed by atoms with Crippen LogP contribution in [0.15, 0.2) is 24.3 Å². The van der Waals surface area contributed by atoms with Crippen molar-refractivity contribution in [3.05, 3.63) is 34.9 Å². The maximum atomic E-state index is 11.7. The van der Waals surface area contributed by atoms with Crippen molar-refractivity contribution in [3.8, 4) is 0 Å². The minimum Gasteiger partial charge on any atom is -0.375 e. The van der Waals surface area contributed by atoms with E-state index in [1.165, 1.54) is 0 Å². The largest absolute Gasteiger partial charge is 0.375 e. The maximum Gasteiger partial charge on any atom is 0.261 e. The number of rotatable bonds is 6. The van der Waals surface area contributed by atoms with Crippen LogP contribution in [0, 0.1) is 0 Å². The summed E-state index contributed by atoms with van der Waals surface area (Å²) in [6, 6.07) is 6.61. The number of benzene rings is 1. The molecule has 16 heavy (non-hydrogen) atoms. The molecular formula is C11H11ClF2O2. The second-order valence-corrected chi connectivity index (χ2v) is 3.53. The highest BCUT2D eigenvalue weighted by atomic mass is 35.5. The minimum atomic E-state index is -2.50. The maximum absolute atomic E-state index is 11.7. The fourth-order valence-electron chi connectivity index (χ4n) is 1.16. The minimum absolute atomic E-state index is 0.0194. The fraction of sp³-hybridized carbons (Fsp3) is 0.364. The Hall–Kier alpha value is -1.00. The average molecular weight is 249 g/mol. The normalized spacial score (nSPS) is 10.8. The van der Waals surface area contributed by atoms with Gasteiger partial charge in [-0.1, -0.05) is 23.7 Å². The second kappa shape index (κ2) is 6.55. The molecule has 0 heterocycles. The van der Waals surface area contributed by atoms with Gasteiger partial charge in [-0.25, -0.2) is 8.78 Å². The molecule has 0 aliphatic heterocycles. The summed E-state index contributed by atoms with van der Waals surface area (Å²) in [4.78, 5) is 11.6. The van der Waals surface area contributed by atoms with Gasteiger partial charge in [0.15, 0.2) is 5.78 Å². The molecule has 0 bridgehead atoms. The van der Waals surface area contributed by atoms with Crippen molar-refractivity contribution in [1.29, 1.82) is 0 Å². The van der Waals surface area contributed by atoms with E-state index in [2.05, 4.69) is 4.74 Å². The number of Topliss-reactive ketones (excluding diaryl/α,β-unsaturated/α-hetero) is 1. The van der Waals surface area contributed by atoms with Gasteiger partial charge in [0.1, 0.15) is 6.61 Å². The highest BCUT2D eigenvalue weighted by molar-refractivity contribution is 6.33. The Morgan fingerprint density at radius 1 is 1.38 bits per heavy atom. The lowest BCUT2D eigenvalue weighted by atomic mass is 10.1. The molecule has 2 nitrogen and oxygen atoms in total. The van der Waals surface area contributed by atoms with Crippen molar-refractivity contribution in [2.24, 2.45) is 0 Å². The molecule has 0 saturated carbocycles. The predicted octanol–water partition coefficient (Wildman–Crippen LogP) is 3.19. The number of halogens is 3. The zero-order valence-corrected chi connectivity index (χ0v) is 9.21. The van der Waals surface area contributed by atoms with Gasteiger partial charge in [-0.05, 0) is 12.1 Å². The Labute approximate surface area is 97.2 Å². The Kier molecular flexibility index (Phi) is 5.35. The zero-order valence-electron chi connectivity index (χ0n) is 8.46. The van der Waals surface area contributed by atoms with Crippen molar-refractivity contribution < 1.29 is 18.3 Å². The second-order valence-electron chi connectivity index (χ2n) is 3.12. The molecule has 5 heteroatoms. The van der Waals surface area contributed by atoms with Crippen LogP contribution in [0.3, 0.4) is 0 Å². The van der Waals surface area contributed by atoms with E-state index in [-0.39, 0.29) is 18.8 Å². The van der Waals surface area contributed by atoms with Gasteiger partial charge in [0.05, 0.1) is 11.6 Å². The molecule has 1 aromatic carbocycles. The number of ketones is 1. The molecule has 0 amide bonds. The van der Waals surface area contributed by atoms with Crippen LogP contribution in [-0.2, 0) is 4.74 Å². The van der Waals surface area contributed by atoms with Gasteiger partial charge in [-0.15, -0.1) is 0 Å². The van der Waals surface area contributed by atoms with Crippen LogP contribution in [0.2, 0.25) is 5.02 Å². The fourth-order valence-corrected chi connectivity index (χ4v) is 1.40. The highest BCUT2D eigenvalue weighted by Crippen LogP contribution is 2.16. The van der Waals surface area contributed by atoms with Crippen molar-refractivity contribution in [3.63, 3.8) is 0 Å². The first-order valence-corrected chi connectivity index (χ1v) is 5.12. The molecule has 0 radical (unpaired) electrons. The number of carbonyl (C=O) groups is 1. The molecule has 0 aliphatic carbocycles. The molecule has 0 N–H and O–H groups in total. The molecule has 1 aromatic rings. The van der Waals surface area contributed by atoms with E-state index in [0.29, 0.717) is 10.6 Å². The van der Waals surface area contributed by atoms with E-state index < -0.39 is 13.0 Å². The summed E-state index contributed by atoms with van der Waals surface area (Å²) in [5.74, 6) is -0.208. The average Bonchev–Trinajstić information content (AvgIpc) is 2.24. The first-order chi connectivity index (χ1) is 7.61. The lowest BCUT2D eigenvalue weighted by Gasteiger charge is -2.04. The van der Waals surface area contributed by atoms with E-state index in [1.54, 1.807) is 24.3 Å². The standard InChI is InChI=1S/C11H11ClF2O2/c12-9-4-2-1-3-8(9)10(15)5-6-16-7-11(13)14/h1-4,11H,5-7H2. The molecule has 0 fully saturated rings. The molecule has 0 unspecified atom stereocenters. The van der Waals surface area contributed by atoms with Crippen LogP contribution in [0.25, 0.3) is 0 Å². The van der Waals surface area contributed by atoms with Crippen LogP contribution < -0.4 is 0 Å². The third-order valence-corrected chi connectivity index (χ3v) is 2.22. The number of alkyl halides is 2. The Bertz CT molecular complexity index is 356. The lowest BCUT2D eigenvalue weighted by molar-refractivity contribution is 0.0170. The van der Waals surface area contributed by atoms with Gasteiger partial charge in [0, 0.05) is 12.0 Å². The summed E-state index contributed by atoms with van der Waals surface area (Å²) in [6.07, 6.45) is -2.45. The van der Waals surface area contributed by atoms with E-state index in [4.69, 9.17) is 11.6 Å². The van der Waals surface area contributed by atoms with Crippen LogP contribution >= 0.6 is 11.6 Å². The molecule has 0 saturated heterocycles. The topological polar surface area (TPSA) is 26.3 Å². The summed E-state index contributed by atoms with van der Waals surface area (Å²) in [7, 11) is 0. The van der Waals surface area contributed by atoms with Gasteiger partial charge in [-0.2, -0.15) is 0 Å². The molecular weight excluding hydrogens is 238 g/mol. The first-order valence-electron chi connectivity index (χ1n) is 4.75. The molecule has 88 valence electrons. The van der Waals surface area contributed by atoms with Gasteiger partial charge in [-0.3, -0.25) is 4.79 Å². The first kappa shape index (κ1) is 13.1. The van der Waals surface area contributed by atoms with Crippen LogP contribution in [0.1, 0.15) is 16.8 Å². The molecule has 0 aromatic heterocycles. The Balaban J connectivity index is 2.39. The summed E-state index contributed by atoms with van der Waals surface area (Å²) in [5, 5.41) is 0.362. The van der Waals surface area contributed by atoms with E-state index in [9.17, 15) is 13.6 Å². The summed E-state index contributed by atoms with van der Waals surface area (Å²) in [6.45, 7) is -0.663. The molecule has 1 rings (SSSR count). The van der Waals surface area contributed by atoms with Gasteiger partial charge in [0.2, 0.25) is 0 Å². The van der Waals surface area contributed by atoms with Gasteiger partial charge >= 0.3 is 0 Å². The number of hydrogen-bond acceptors (Lipinski definition) is 2. The number of ether oxygens (including phenoxy) is 1. The molecule has 0 atom stereocenters. The summed E-state index contributed by atoms with van der Waals surface area (Å²) in [5.41, 5.74) is 0.393. The lowest BCUT2D eigenvalue weighted by Crippen LogP contribution is -2.09. The quantitative estimate of drug-likeness (QED) is 0.571. The van der Waals surface area contributed by atoms with E-state index in [1.807, 2.05) is 0 Å². The van der Waals surface area contributed by atoms with Crippen molar-refractivity contribution in [2.45, 2.75) is 12.8 Å². The van der Waals surface area contributed by atoms with Gasteiger partial charge < -0.3 is 4.74 Å². The highest BCUT2D eigenvalue weighted by Gasteiger charge is 2.10. The third kappa shape index (κ3) is 4.24. The zero-order chi connectivity index (χ0) is 12.0. The summed E-state index contributed by atoms with van der Waals surface area (Å²) >= 11 is 5.80. The van der Waals surface area contributed by atoms with Crippen LogP contribution in [-0.4, -0.2) is 25.4 Å². The van der Waals surface area contributed by atoms with Crippen LogP contribution in [0.5, 0.6) is 0 Å². The van der Waals surface area contributed by atoms with E-state index >= 15 is 0 Å². The van der Waals surface area contributed by atoms with Crippen molar-refractivity contribution in [2.75, 3.05) is 13.2 Å². The number of carbonyl (C=O) groups excluding carboxylic acids is 1. The van der Waals surface area contributed by atoms with Crippen molar-refractivity contribution in [1.82, 2.24) is 0 Å². The number of hydrogen-bond donors (Lipinski definition) is 0. The van der Waals surface area contributed by atoms with Crippen LogP contribution in [0.4, 0.5) is 8.78 Å². The molecule has 0 aliphatic rings. The monoisotopic (exact) mass is 248 g/mol. The Morgan fingerprint density at radius 2 is 2.06 bits per heavy atom. The summed E-state index contributed by atoms with van der Waals surface area (Å²) < 4.78 is 28.0. The Morgan fingerprint density at radius 3 is 2.69 bits per heavy atom. The van der Waals surface area contributed by atoms with Crippen molar-refractivity contribution >= 4 is 17.4 Å².